The van der Waals surface area contributed by atoms with Gasteiger partial charge in [-0.15, -0.1) is 0 Å². The standard InChI is InChI=1S/C18H21FN4O3/c1-25-11-15(24)22-7-9-23(10-8-22)18-16(19)17(20-12-21-18)13-3-5-14(26-2)6-4-13/h3-6,12H,7-11H2,1-2H3. The van der Waals surface area contributed by atoms with E-state index in [0.717, 1.165) is 0 Å². The Balaban J connectivity index is 1.76. The lowest BCUT2D eigenvalue weighted by Crippen LogP contribution is -2.50. The molecule has 0 spiro atoms. The molecule has 138 valence electrons. The molecule has 1 amide bonds. The second-order valence-electron chi connectivity index (χ2n) is 5.89. The van der Waals surface area contributed by atoms with Gasteiger partial charge in [-0.25, -0.2) is 14.4 Å². The normalized spacial score (nSPS) is 14.4. The van der Waals surface area contributed by atoms with Crippen molar-refractivity contribution in [2.75, 3.05) is 51.9 Å². The number of carbonyl (C=O) groups is 1. The molecule has 0 atom stereocenters. The lowest BCUT2D eigenvalue weighted by molar-refractivity contribution is -0.135. The van der Waals surface area contributed by atoms with Crippen LogP contribution in [0.1, 0.15) is 0 Å². The van der Waals surface area contributed by atoms with Gasteiger partial charge < -0.3 is 19.3 Å². The van der Waals surface area contributed by atoms with E-state index in [2.05, 4.69) is 9.97 Å². The van der Waals surface area contributed by atoms with Gasteiger partial charge in [0, 0.05) is 38.9 Å². The number of amides is 1. The maximum Gasteiger partial charge on any atom is 0.248 e. The summed E-state index contributed by atoms with van der Waals surface area (Å²) >= 11 is 0. The smallest absolute Gasteiger partial charge is 0.248 e. The zero-order valence-corrected chi connectivity index (χ0v) is 14.8. The summed E-state index contributed by atoms with van der Waals surface area (Å²) in [6.07, 6.45) is 1.36. The Labute approximate surface area is 151 Å². The minimum atomic E-state index is -0.464. The molecule has 0 radical (unpaired) electrons. The first-order chi connectivity index (χ1) is 12.6. The summed E-state index contributed by atoms with van der Waals surface area (Å²) in [6.45, 7) is 2.08. The van der Waals surface area contributed by atoms with Crippen molar-refractivity contribution >= 4 is 11.7 Å². The summed E-state index contributed by atoms with van der Waals surface area (Å²) in [7, 11) is 3.07. The van der Waals surface area contributed by atoms with Crippen LogP contribution in [0.25, 0.3) is 11.3 Å². The van der Waals surface area contributed by atoms with E-state index in [0.29, 0.717) is 37.5 Å². The monoisotopic (exact) mass is 360 g/mol. The van der Waals surface area contributed by atoms with Gasteiger partial charge in [-0.05, 0) is 24.3 Å². The number of methoxy groups -OCH3 is 2. The lowest BCUT2D eigenvalue weighted by atomic mass is 10.1. The molecule has 1 saturated heterocycles. The minimum Gasteiger partial charge on any atom is -0.497 e. The van der Waals surface area contributed by atoms with Crippen LogP contribution in [0.4, 0.5) is 10.2 Å². The first-order valence-electron chi connectivity index (χ1n) is 8.30. The Bertz CT molecular complexity index is 762. The number of rotatable bonds is 5. The molecule has 26 heavy (non-hydrogen) atoms. The third-order valence-corrected chi connectivity index (χ3v) is 4.33. The van der Waals surface area contributed by atoms with E-state index in [1.807, 2.05) is 4.90 Å². The second-order valence-corrected chi connectivity index (χ2v) is 5.89. The molecule has 2 heterocycles. The van der Waals surface area contributed by atoms with Crippen molar-refractivity contribution in [3.8, 4) is 17.0 Å². The van der Waals surface area contributed by atoms with Crippen molar-refractivity contribution in [2.24, 2.45) is 0 Å². The topological polar surface area (TPSA) is 67.8 Å². The van der Waals surface area contributed by atoms with Gasteiger partial charge in [0.15, 0.2) is 11.6 Å². The molecule has 1 aliphatic heterocycles. The summed E-state index contributed by atoms with van der Waals surface area (Å²) in [5.41, 5.74) is 0.899. The number of carbonyl (C=O) groups excluding carboxylic acids is 1. The first-order valence-corrected chi connectivity index (χ1v) is 8.30. The van der Waals surface area contributed by atoms with E-state index in [-0.39, 0.29) is 24.0 Å². The molecule has 7 nitrogen and oxygen atoms in total. The molecule has 0 saturated carbocycles. The van der Waals surface area contributed by atoms with Crippen molar-refractivity contribution in [3.05, 3.63) is 36.4 Å². The van der Waals surface area contributed by atoms with Gasteiger partial charge in [0.1, 0.15) is 24.4 Å². The highest BCUT2D eigenvalue weighted by Gasteiger charge is 2.25. The van der Waals surface area contributed by atoms with Crippen LogP contribution in [-0.2, 0) is 9.53 Å². The SMILES string of the molecule is COCC(=O)N1CCN(c2ncnc(-c3ccc(OC)cc3)c2F)CC1. The maximum atomic E-state index is 15.0. The fraction of sp³-hybridized carbons (Fsp3) is 0.389. The fourth-order valence-corrected chi connectivity index (χ4v) is 2.91. The predicted octanol–water partition coefficient (Wildman–Crippen LogP) is 1.59. The quantitative estimate of drug-likeness (QED) is 0.807. The molecule has 3 rings (SSSR count). The van der Waals surface area contributed by atoms with E-state index in [1.165, 1.54) is 13.4 Å². The van der Waals surface area contributed by atoms with Crippen molar-refractivity contribution in [1.82, 2.24) is 14.9 Å². The number of benzene rings is 1. The number of hydrogen-bond acceptors (Lipinski definition) is 6. The largest absolute Gasteiger partial charge is 0.497 e. The highest BCUT2D eigenvalue weighted by atomic mass is 19.1. The zero-order chi connectivity index (χ0) is 18.5. The predicted molar refractivity (Wildman–Crippen MR) is 94.6 cm³/mol. The van der Waals surface area contributed by atoms with Crippen LogP contribution in [0, 0.1) is 5.82 Å². The fourth-order valence-electron chi connectivity index (χ4n) is 2.91. The van der Waals surface area contributed by atoms with Crippen LogP contribution in [-0.4, -0.2) is 67.8 Å². The number of anilines is 1. The molecule has 1 aliphatic rings. The molecule has 1 fully saturated rings. The number of ether oxygens (including phenoxy) is 2. The zero-order valence-electron chi connectivity index (χ0n) is 14.8. The Kier molecular flexibility index (Phi) is 5.62. The number of nitrogens with zero attached hydrogens (tertiary/aromatic N) is 4. The summed E-state index contributed by atoms with van der Waals surface area (Å²) in [5.74, 6) is 0.425. The maximum absolute atomic E-state index is 15.0. The van der Waals surface area contributed by atoms with E-state index in [1.54, 1.807) is 36.3 Å². The highest BCUT2D eigenvalue weighted by molar-refractivity contribution is 5.77. The summed E-state index contributed by atoms with van der Waals surface area (Å²) in [6, 6.07) is 7.04. The Morgan fingerprint density at radius 2 is 1.81 bits per heavy atom. The number of halogens is 1. The molecular weight excluding hydrogens is 339 g/mol. The number of hydrogen-bond donors (Lipinski definition) is 0. The Morgan fingerprint density at radius 1 is 1.12 bits per heavy atom. The summed E-state index contributed by atoms with van der Waals surface area (Å²) in [5, 5.41) is 0. The molecule has 2 aromatic rings. The molecule has 0 bridgehead atoms. The van der Waals surface area contributed by atoms with Crippen LogP contribution in [0.15, 0.2) is 30.6 Å². The van der Waals surface area contributed by atoms with Crippen molar-refractivity contribution < 1.29 is 18.7 Å². The third kappa shape index (κ3) is 3.75. The molecule has 8 heteroatoms. The van der Waals surface area contributed by atoms with E-state index >= 15 is 4.39 Å². The van der Waals surface area contributed by atoms with Crippen LogP contribution < -0.4 is 9.64 Å². The number of aromatic nitrogens is 2. The van der Waals surface area contributed by atoms with Crippen LogP contribution in [0.5, 0.6) is 5.75 Å². The Morgan fingerprint density at radius 3 is 2.42 bits per heavy atom. The third-order valence-electron chi connectivity index (χ3n) is 4.33. The van der Waals surface area contributed by atoms with Crippen LogP contribution >= 0.6 is 0 Å². The highest BCUT2D eigenvalue weighted by Crippen LogP contribution is 2.28. The lowest BCUT2D eigenvalue weighted by Gasteiger charge is -2.35. The molecular formula is C18H21FN4O3. The van der Waals surface area contributed by atoms with E-state index < -0.39 is 5.82 Å². The van der Waals surface area contributed by atoms with Gasteiger partial charge >= 0.3 is 0 Å². The van der Waals surface area contributed by atoms with Crippen LogP contribution in [0.2, 0.25) is 0 Å². The Hall–Kier alpha value is -2.74. The van der Waals surface area contributed by atoms with Gasteiger partial charge in [0.25, 0.3) is 0 Å². The average molecular weight is 360 g/mol. The molecule has 0 aliphatic carbocycles. The number of piperazine rings is 1. The van der Waals surface area contributed by atoms with Crippen molar-refractivity contribution in [1.29, 1.82) is 0 Å². The van der Waals surface area contributed by atoms with Crippen LogP contribution in [0.3, 0.4) is 0 Å². The van der Waals surface area contributed by atoms with Gasteiger partial charge in [0.05, 0.1) is 7.11 Å². The molecule has 1 aromatic carbocycles. The summed E-state index contributed by atoms with van der Waals surface area (Å²) in [4.78, 5) is 23.6. The average Bonchev–Trinajstić information content (AvgIpc) is 2.69. The first kappa shape index (κ1) is 18.1. The minimum absolute atomic E-state index is 0.0590. The molecule has 0 unspecified atom stereocenters. The van der Waals surface area contributed by atoms with Gasteiger partial charge in [-0.3, -0.25) is 4.79 Å². The molecule has 1 aromatic heterocycles. The van der Waals surface area contributed by atoms with Gasteiger partial charge in [-0.1, -0.05) is 0 Å². The second kappa shape index (κ2) is 8.09. The van der Waals surface area contributed by atoms with Crippen molar-refractivity contribution in [2.45, 2.75) is 0 Å². The molecule has 0 N–H and O–H groups in total. The van der Waals surface area contributed by atoms with E-state index in [4.69, 9.17) is 9.47 Å². The van der Waals surface area contributed by atoms with Gasteiger partial charge in [0.2, 0.25) is 5.91 Å². The summed E-state index contributed by atoms with van der Waals surface area (Å²) < 4.78 is 25.0. The van der Waals surface area contributed by atoms with Gasteiger partial charge in [-0.2, -0.15) is 0 Å². The van der Waals surface area contributed by atoms with E-state index in [9.17, 15) is 4.79 Å². The van der Waals surface area contributed by atoms with Crippen molar-refractivity contribution in [3.63, 3.8) is 0 Å².